The Hall–Kier alpha value is -3.28. The molecule has 3 rings (SSSR count). The van der Waals surface area contributed by atoms with Gasteiger partial charge in [0, 0.05) is 37.6 Å². The van der Waals surface area contributed by atoms with Gasteiger partial charge in [-0.3, -0.25) is 9.59 Å². The highest BCUT2D eigenvalue weighted by Gasteiger charge is 2.19. The van der Waals surface area contributed by atoms with Gasteiger partial charge in [-0.15, -0.1) is 0 Å². The molecule has 28 heavy (non-hydrogen) atoms. The van der Waals surface area contributed by atoms with E-state index in [4.69, 9.17) is 4.74 Å². The van der Waals surface area contributed by atoms with Crippen molar-refractivity contribution in [1.82, 2.24) is 4.90 Å². The summed E-state index contributed by atoms with van der Waals surface area (Å²) >= 11 is 0. The molecular formula is C22H25N3O3. The minimum absolute atomic E-state index is 0.0226. The summed E-state index contributed by atoms with van der Waals surface area (Å²) in [6.45, 7) is 8.40. The summed E-state index contributed by atoms with van der Waals surface area (Å²) in [7, 11) is 0. The van der Waals surface area contributed by atoms with Crippen molar-refractivity contribution in [3.05, 3.63) is 66.7 Å². The van der Waals surface area contributed by atoms with Crippen LogP contribution in [0.5, 0.6) is 5.75 Å². The van der Waals surface area contributed by atoms with Crippen LogP contribution in [0.4, 0.5) is 11.4 Å². The number of anilines is 2. The van der Waals surface area contributed by atoms with Crippen LogP contribution in [-0.4, -0.2) is 49.5 Å². The van der Waals surface area contributed by atoms with E-state index in [9.17, 15) is 9.59 Å². The fourth-order valence-corrected chi connectivity index (χ4v) is 3.05. The third kappa shape index (κ3) is 5.13. The third-order valence-corrected chi connectivity index (χ3v) is 4.67. The van der Waals surface area contributed by atoms with E-state index in [2.05, 4.69) is 16.8 Å². The lowest BCUT2D eigenvalue weighted by molar-refractivity contribution is -0.126. The van der Waals surface area contributed by atoms with Crippen molar-refractivity contribution in [1.29, 1.82) is 0 Å². The molecule has 6 heteroatoms. The number of amides is 2. The maximum absolute atomic E-state index is 12.1. The molecule has 0 radical (unpaired) electrons. The number of carbonyl (C=O) groups excluding carboxylic acids is 2. The van der Waals surface area contributed by atoms with E-state index in [0.717, 1.165) is 30.0 Å². The van der Waals surface area contributed by atoms with Crippen molar-refractivity contribution in [2.24, 2.45) is 0 Å². The molecule has 2 aromatic rings. The number of benzene rings is 2. The largest absolute Gasteiger partial charge is 0.484 e. The summed E-state index contributed by atoms with van der Waals surface area (Å²) in [6, 6.07) is 15.3. The summed E-state index contributed by atoms with van der Waals surface area (Å²) in [4.78, 5) is 27.7. The maximum atomic E-state index is 12.1. The molecule has 1 aliphatic heterocycles. The summed E-state index contributed by atoms with van der Waals surface area (Å²) in [5.41, 5.74) is 2.94. The predicted molar refractivity (Wildman–Crippen MR) is 111 cm³/mol. The molecule has 0 saturated carbocycles. The first-order valence-corrected chi connectivity index (χ1v) is 9.31. The predicted octanol–water partition coefficient (Wildman–Crippen LogP) is 2.85. The van der Waals surface area contributed by atoms with Gasteiger partial charge >= 0.3 is 0 Å². The molecule has 1 N–H and O–H groups in total. The first kappa shape index (κ1) is 19.5. The van der Waals surface area contributed by atoms with Crippen molar-refractivity contribution < 1.29 is 14.3 Å². The minimum atomic E-state index is -0.204. The van der Waals surface area contributed by atoms with Crippen molar-refractivity contribution in [3.63, 3.8) is 0 Å². The number of hydrogen-bond donors (Lipinski definition) is 1. The maximum Gasteiger partial charge on any atom is 0.262 e. The average Bonchev–Trinajstić information content (AvgIpc) is 2.73. The number of nitrogens with one attached hydrogen (secondary N) is 1. The van der Waals surface area contributed by atoms with Gasteiger partial charge < -0.3 is 19.9 Å². The zero-order valence-corrected chi connectivity index (χ0v) is 16.1. The molecule has 1 heterocycles. The second kappa shape index (κ2) is 9.08. The van der Waals surface area contributed by atoms with Crippen LogP contribution in [-0.2, 0) is 9.59 Å². The lowest BCUT2D eigenvalue weighted by atomic mass is 10.2. The van der Waals surface area contributed by atoms with Crippen LogP contribution in [0.25, 0.3) is 0 Å². The molecule has 6 nitrogen and oxygen atoms in total. The van der Waals surface area contributed by atoms with E-state index in [1.165, 1.54) is 6.08 Å². The van der Waals surface area contributed by atoms with Crippen LogP contribution >= 0.6 is 0 Å². The van der Waals surface area contributed by atoms with E-state index >= 15 is 0 Å². The molecule has 1 aliphatic rings. The Kier molecular flexibility index (Phi) is 6.32. The molecule has 0 unspecified atom stereocenters. The Bertz CT molecular complexity index is 823. The summed E-state index contributed by atoms with van der Waals surface area (Å²) in [5, 5.41) is 2.84. The zero-order chi connectivity index (χ0) is 19.9. The quantitative estimate of drug-likeness (QED) is 0.784. The molecule has 2 aromatic carbocycles. The van der Waals surface area contributed by atoms with Crippen LogP contribution in [0.1, 0.15) is 5.56 Å². The number of hydrogen-bond acceptors (Lipinski definition) is 4. The van der Waals surface area contributed by atoms with Gasteiger partial charge in [0.2, 0.25) is 5.91 Å². The van der Waals surface area contributed by atoms with E-state index < -0.39 is 0 Å². The summed E-state index contributed by atoms with van der Waals surface area (Å²) < 4.78 is 5.49. The molecule has 0 atom stereocenters. The molecule has 2 amide bonds. The molecule has 1 saturated heterocycles. The zero-order valence-electron chi connectivity index (χ0n) is 16.1. The van der Waals surface area contributed by atoms with Crippen molar-refractivity contribution in [2.75, 3.05) is 43.0 Å². The number of rotatable bonds is 6. The Morgan fingerprint density at radius 3 is 2.29 bits per heavy atom. The Morgan fingerprint density at radius 2 is 1.68 bits per heavy atom. The van der Waals surface area contributed by atoms with Gasteiger partial charge in [-0.25, -0.2) is 0 Å². The van der Waals surface area contributed by atoms with Crippen LogP contribution in [0.15, 0.2) is 61.2 Å². The number of ether oxygens (including phenoxy) is 1. The lowest BCUT2D eigenvalue weighted by Gasteiger charge is -2.35. The average molecular weight is 379 g/mol. The van der Waals surface area contributed by atoms with Gasteiger partial charge in [-0.2, -0.15) is 0 Å². The van der Waals surface area contributed by atoms with Gasteiger partial charge in [-0.05, 0) is 49.4 Å². The molecule has 0 aromatic heterocycles. The second-order valence-electron chi connectivity index (χ2n) is 6.71. The standard InChI is InChI=1S/C22H25N3O3/c1-3-22(27)25-14-12-24(13-15-25)19-8-6-18(7-9-19)23-21(26)16-28-20-10-4-17(2)5-11-20/h3-11H,1,12-16H2,2H3,(H,23,26). The second-order valence-corrected chi connectivity index (χ2v) is 6.71. The number of nitrogens with zero attached hydrogens (tertiary/aromatic N) is 2. The fourth-order valence-electron chi connectivity index (χ4n) is 3.05. The van der Waals surface area contributed by atoms with Crippen molar-refractivity contribution in [2.45, 2.75) is 6.92 Å². The summed E-state index contributed by atoms with van der Waals surface area (Å²) in [6.07, 6.45) is 1.36. The topological polar surface area (TPSA) is 61.9 Å². The van der Waals surface area contributed by atoms with Crippen molar-refractivity contribution in [3.8, 4) is 5.75 Å². The molecule has 146 valence electrons. The third-order valence-electron chi connectivity index (χ3n) is 4.67. The first-order valence-electron chi connectivity index (χ1n) is 9.31. The number of aryl methyl sites for hydroxylation is 1. The molecular weight excluding hydrogens is 354 g/mol. The van der Waals surface area contributed by atoms with Crippen LogP contribution in [0, 0.1) is 6.92 Å². The van der Waals surface area contributed by atoms with Gasteiger partial charge in [-0.1, -0.05) is 24.3 Å². The van der Waals surface area contributed by atoms with E-state index in [1.807, 2.05) is 55.5 Å². The van der Waals surface area contributed by atoms with Crippen LogP contribution in [0.2, 0.25) is 0 Å². The molecule has 1 fully saturated rings. The van der Waals surface area contributed by atoms with Crippen molar-refractivity contribution >= 4 is 23.2 Å². The SMILES string of the molecule is C=CC(=O)N1CCN(c2ccc(NC(=O)COc3ccc(C)cc3)cc2)CC1. The van der Waals surface area contributed by atoms with Gasteiger partial charge in [0.25, 0.3) is 5.91 Å². The lowest BCUT2D eigenvalue weighted by Crippen LogP contribution is -2.48. The highest BCUT2D eigenvalue weighted by atomic mass is 16.5. The van der Waals surface area contributed by atoms with Crippen LogP contribution < -0.4 is 15.0 Å². The number of carbonyl (C=O) groups is 2. The highest BCUT2D eigenvalue weighted by Crippen LogP contribution is 2.20. The molecule has 0 bridgehead atoms. The van der Waals surface area contributed by atoms with E-state index in [1.54, 1.807) is 4.90 Å². The Balaban J connectivity index is 1.47. The Morgan fingerprint density at radius 1 is 1.04 bits per heavy atom. The normalized spacial score (nSPS) is 13.8. The van der Waals surface area contributed by atoms with E-state index in [-0.39, 0.29) is 18.4 Å². The summed E-state index contributed by atoms with van der Waals surface area (Å²) in [5.74, 6) is 0.445. The molecule has 0 spiro atoms. The molecule has 0 aliphatic carbocycles. The van der Waals surface area contributed by atoms with Gasteiger partial charge in [0.05, 0.1) is 0 Å². The first-order chi connectivity index (χ1) is 13.5. The Labute approximate surface area is 165 Å². The van der Waals surface area contributed by atoms with Gasteiger partial charge in [0.1, 0.15) is 5.75 Å². The van der Waals surface area contributed by atoms with Crippen LogP contribution in [0.3, 0.4) is 0 Å². The minimum Gasteiger partial charge on any atom is -0.484 e. The number of piperazine rings is 1. The fraction of sp³-hybridized carbons (Fsp3) is 0.273. The van der Waals surface area contributed by atoms with E-state index in [0.29, 0.717) is 18.8 Å². The monoisotopic (exact) mass is 379 g/mol. The van der Waals surface area contributed by atoms with Gasteiger partial charge in [0.15, 0.2) is 6.61 Å². The smallest absolute Gasteiger partial charge is 0.262 e. The highest BCUT2D eigenvalue weighted by molar-refractivity contribution is 5.92.